The first-order valence-electron chi connectivity index (χ1n) is 5.82. The van der Waals surface area contributed by atoms with Crippen molar-refractivity contribution in [1.82, 2.24) is 15.2 Å². The Kier molecular flexibility index (Phi) is 5.25. The second kappa shape index (κ2) is 7.16. The minimum atomic E-state index is -0.134. The number of H-pyrrole nitrogens is 1. The van der Waals surface area contributed by atoms with Crippen LogP contribution in [0.1, 0.15) is 6.42 Å². The van der Waals surface area contributed by atoms with Crippen molar-refractivity contribution in [2.75, 3.05) is 18.2 Å². The highest BCUT2D eigenvalue weighted by Gasteiger charge is 2.07. The molecule has 0 atom stereocenters. The van der Waals surface area contributed by atoms with Gasteiger partial charge >= 0.3 is 6.01 Å². The number of carbonyl (C=O) groups is 1. The molecular formula is C12H13ClN4O2S. The summed E-state index contributed by atoms with van der Waals surface area (Å²) < 4.78 is 4.81. The van der Waals surface area contributed by atoms with Gasteiger partial charge < -0.3 is 4.74 Å². The zero-order chi connectivity index (χ0) is 14.4. The summed E-state index contributed by atoms with van der Waals surface area (Å²) in [6, 6.07) is 7.68. The highest BCUT2D eigenvalue weighted by Crippen LogP contribution is 2.21. The molecule has 0 unspecified atom stereocenters. The third-order valence-electron chi connectivity index (χ3n) is 2.32. The standard InChI is InChI=1S/C12H13ClN4O2S/c1-19-12-15-11(16-17-12)14-10(18)6-7-20-9-4-2-8(13)3-5-9/h2-5H,6-7H2,1H3,(H2,14,15,16,17,18). The van der Waals surface area contributed by atoms with Crippen molar-refractivity contribution in [1.29, 1.82) is 0 Å². The fourth-order valence-electron chi connectivity index (χ4n) is 1.38. The van der Waals surface area contributed by atoms with E-state index in [1.165, 1.54) is 7.11 Å². The summed E-state index contributed by atoms with van der Waals surface area (Å²) in [6.07, 6.45) is 0.371. The maximum atomic E-state index is 11.7. The lowest BCUT2D eigenvalue weighted by Gasteiger charge is -2.02. The van der Waals surface area contributed by atoms with Crippen LogP contribution < -0.4 is 10.1 Å². The molecule has 20 heavy (non-hydrogen) atoms. The average Bonchev–Trinajstić information content (AvgIpc) is 2.88. The molecule has 0 aliphatic rings. The number of halogens is 1. The van der Waals surface area contributed by atoms with Gasteiger partial charge in [-0.25, -0.2) is 5.10 Å². The molecule has 1 amide bonds. The molecule has 2 aromatic rings. The van der Waals surface area contributed by atoms with Gasteiger partial charge in [0.2, 0.25) is 11.9 Å². The largest absolute Gasteiger partial charge is 0.466 e. The number of hydrogen-bond donors (Lipinski definition) is 2. The number of methoxy groups -OCH3 is 1. The molecule has 106 valence electrons. The van der Waals surface area contributed by atoms with Gasteiger partial charge in [0.15, 0.2) is 0 Å². The molecule has 8 heteroatoms. The summed E-state index contributed by atoms with van der Waals surface area (Å²) >= 11 is 7.39. The summed E-state index contributed by atoms with van der Waals surface area (Å²) in [7, 11) is 1.46. The Hall–Kier alpha value is -1.73. The van der Waals surface area contributed by atoms with Crippen LogP contribution in [0.25, 0.3) is 0 Å². The number of amides is 1. The SMILES string of the molecule is COc1n[nH]c(NC(=O)CCSc2ccc(Cl)cc2)n1. The summed E-state index contributed by atoms with van der Waals surface area (Å²) in [5.74, 6) is 0.812. The van der Waals surface area contributed by atoms with Crippen molar-refractivity contribution in [3.8, 4) is 6.01 Å². The van der Waals surface area contributed by atoms with Crippen LogP contribution in [-0.4, -0.2) is 34.0 Å². The van der Waals surface area contributed by atoms with E-state index in [1.54, 1.807) is 11.8 Å². The highest BCUT2D eigenvalue weighted by atomic mass is 35.5. The quantitative estimate of drug-likeness (QED) is 0.801. The smallest absolute Gasteiger partial charge is 0.336 e. The van der Waals surface area contributed by atoms with Crippen molar-refractivity contribution >= 4 is 35.2 Å². The van der Waals surface area contributed by atoms with Gasteiger partial charge in [0.05, 0.1) is 7.11 Å². The molecule has 0 radical (unpaired) electrons. The number of carbonyl (C=O) groups excluding carboxylic acids is 1. The number of hydrogen-bond acceptors (Lipinski definition) is 5. The molecule has 0 bridgehead atoms. The second-order valence-corrected chi connectivity index (χ2v) is 5.38. The van der Waals surface area contributed by atoms with Gasteiger partial charge in [-0.15, -0.1) is 16.9 Å². The number of nitrogens with one attached hydrogen (secondary N) is 2. The Morgan fingerprint density at radius 1 is 1.45 bits per heavy atom. The number of rotatable bonds is 6. The predicted molar refractivity (Wildman–Crippen MR) is 78.4 cm³/mol. The number of aromatic nitrogens is 3. The van der Waals surface area contributed by atoms with Crippen LogP contribution in [0.5, 0.6) is 6.01 Å². The number of thioether (sulfide) groups is 1. The first-order chi connectivity index (χ1) is 9.67. The Balaban J connectivity index is 1.73. The van der Waals surface area contributed by atoms with Crippen LogP contribution in [0.2, 0.25) is 5.02 Å². The maximum Gasteiger partial charge on any atom is 0.336 e. The number of ether oxygens (including phenoxy) is 1. The molecule has 0 aliphatic carbocycles. The van der Waals surface area contributed by atoms with Gasteiger partial charge in [0.25, 0.3) is 0 Å². The van der Waals surface area contributed by atoms with E-state index in [4.69, 9.17) is 16.3 Å². The number of nitrogens with zero attached hydrogens (tertiary/aromatic N) is 2. The molecule has 2 rings (SSSR count). The lowest BCUT2D eigenvalue weighted by Crippen LogP contribution is -2.13. The zero-order valence-electron chi connectivity index (χ0n) is 10.7. The van der Waals surface area contributed by atoms with Crippen LogP contribution in [-0.2, 0) is 4.79 Å². The van der Waals surface area contributed by atoms with Crippen LogP contribution in [0, 0.1) is 0 Å². The monoisotopic (exact) mass is 312 g/mol. The normalized spacial score (nSPS) is 10.3. The fourth-order valence-corrected chi connectivity index (χ4v) is 2.36. The third kappa shape index (κ3) is 4.43. The molecule has 1 heterocycles. The Morgan fingerprint density at radius 3 is 2.85 bits per heavy atom. The molecule has 0 aliphatic heterocycles. The highest BCUT2D eigenvalue weighted by molar-refractivity contribution is 7.99. The average molecular weight is 313 g/mol. The van der Waals surface area contributed by atoms with Gasteiger partial charge in [-0.2, -0.15) is 4.98 Å². The molecule has 0 fully saturated rings. The topological polar surface area (TPSA) is 79.9 Å². The molecular weight excluding hydrogens is 300 g/mol. The van der Waals surface area contributed by atoms with E-state index in [0.717, 1.165) is 4.90 Å². The molecule has 0 spiro atoms. The van der Waals surface area contributed by atoms with Crippen molar-refractivity contribution in [2.24, 2.45) is 0 Å². The summed E-state index contributed by atoms with van der Waals surface area (Å²) in [5.41, 5.74) is 0. The molecule has 6 nitrogen and oxygen atoms in total. The lowest BCUT2D eigenvalue weighted by molar-refractivity contribution is -0.115. The third-order valence-corrected chi connectivity index (χ3v) is 3.58. The first-order valence-corrected chi connectivity index (χ1v) is 7.18. The van der Waals surface area contributed by atoms with E-state index in [-0.39, 0.29) is 17.9 Å². The van der Waals surface area contributed by atoms with Gasteiger partial charge in [-0.05, 0) is 24.3 Å². The number of benzene rings is 1. The van der Waals surface area contributed by atoms with Crippen molar-refractivity contribution in [3.05, 3.63) is 29.3 Å². The van der Waals surface area contributed by atoms with Gasteiger partial charge in [0.1, 0.15) is 0 Å². The Bertz CT molecular complexity index is 573. The van der Waals surface area contributed by atoms with Gasteiger partial charge in [-0.3, -0.25) is 10.1 Å². The molecule has 2 N–H and O–H groups in total. The van der Waals surface area contributed by atoms with Crippen LogP contribution in [0.3, 0.4) is 0 Å². The Labute approximate surface area is 125 Å². The number of anilines is 1. The van der Waals surface area contributed by atoms with Crippen molar-refractivity contribution < 1.29 is 9.53 Å². The second-order valence-electron chi connectivity index (χ2n) is 3.77. The summed E-state index contributed by atoms with van der Waals surface area (Å²) in [6.45, 7) is 0. The van der Waals surface area contributed by atoms with Crippen molar-refractivity contribution in [3.63, 3.8) is 0 Å². The molecule has 0 saturated carbocycles. The van der Waals surface area contributed by atoms with E-state index >= 15 is 0 Å². The van der Waals surface area contributed by atoms with Crippen LogP contribution in [0.4, 0.5) is 5.95 Å². The van der Waals surface area contributed by atoms with E-state index in [0.29, 0.717) is 17.2 Å². The zero-order valence-corrected chi connectivity index (χ0v) is 12.3. The predicted octanol–water partition coefficient (Wildman–Crippen LogP) is 2.59. The van der Waals surface area contributed by atoms with E-state index in [9.17, 15) is 4.79 Å². The molecule has 0 saturated heterocycles. The van der Waals surface area contributed by atoms with Crippen LogP contribution >= 0.6 is 23.4 Å². The Morgan fingerprint density at radius 2 is 2.20 bits per heavy atom. The summed E-state index contributed by atoms with van der Waals surface area (Å²) in [4.78, 5) is 16.7. The fraction of sp³-hybridized carbons (Fsp3) is 0.250. The first kappa shape index (κ1) is 14.7. The summed E-state index contributed by atoms with van der Waals surface area (Å²) in [5, 5.41) is 9.61. The maximum absolute atomic E-state index is 11.7. The van der Waals surface area contributed by atoms with E-state index in [2.05, 4.69) is 20.5 Å². The van der Waals surface area contributed by atoms with E-state index in [1.807, 2.05) is 24.3 Å². The van der Waals surface area contributed by atoms with Gasteiger partial charge in [-0.1, -0.05) is 11.6 Å². The molecule has 1 aromatic heterocycles. The minimum absolute atomic E-state index is 0.134. The van der Waals surface area contributed by atoms with Gasteiger partial charge in [0, 0.05) is 22.1 Å². The van der Waals surface area contributed by atoms with E-state index < -0.39 is 0 Å². The van der Waals surface area contributed by atoms with Crippen molar-refractivity contribution in [2.45, 2.75) is 11.3 Å². The molecule has 1 aromatic carbocycles. The minimum Gasteiger partial charge on any atom is -0.466 e. The van der Waals surface area contributed by atoms with Crippen LogP contribution in [0.15, 0.2) is 29.2 Å². The number of aromatic amines is 1. The lowest BCUT2D eigenvalue weighted by atomic mass is 10.4.